The lowest BCUT2D eigenvalue weighted by atomic mass is 9.96. The first-order chi connectivity index (χ1) is 14.6. The van der Waals surface area contributed by atoms with Gasteiger partial charge in [0.2, 0.25) is 17.7 Å². The highest BCUT2D eigenvalue weighted by atomic mass is 19.4. The molecule has 0 fully saturated rings. The van der Waals surface area contributed by atoms with Crippen molar-refractivity contribution in [2.24, 2.45) is 11.8 Å². The molecule has 180 valence electrons. The van der Waals surface area contributed by atoms with E-state index in [0.717, 1.165) is 0 Å². The van der Waals surface area contributed by atoms with Gasteiger partial charge in [0.25, 0.3) is 0 Å². The van der Waals surface area contributed by atoms with Crippen molar-refractivity contribution in [2.75, 3.05) is 6.54 Å². The van der Waals surface area contributed by atoms with Gasteiger partial charge >= 0.3 is 12.4 Å². The zero-order chi connectivity index (χ0) is 24.7. The molecule has 0 heterocycles. The molecule has 0 radical (unpaired) electrons. The molecule has 3 N–H and O–H groups in total. The first-order valence-corrected chi connectivity index (χ1v) is 9.65. The maximum Gasteiger partial charge on any atom is 0.403 e. The standard InChI is InChI=1S/C20H25F6N3O3/c1-11(2)10-27-17(31)14(9-13-7-5-4-6-8-13)29-18(32)15(28-12(3)30)16(19(21,22)23)20(24,25)26/h4-8,11,14-16H,9-10H2,1-3H3,(H,27,31)(H,28,30)(H,29,32). The number of benzene rings is 1. The van der Waals surface area contributed by atoms with E-state index < -0.39 is 48.1 Å². The molecular weight excluding hydrogens is 444 g/mol. The molecule has 0 saturated carbocycles. The lowest BCUT2D eigenvalue weighted by molar-refractivity contribution is -0.289. The molecule has 1 aromatic rings. The summed E-state index contributed by atoms with van der Waals surface area (Å²) in [6.07, 6.45) is -11.9. The average molecular weight is 469 g/mol. The maximum atomic E-state index is 13.2. The zero-order valence-corrected chi connectivity index (χ0v) is 17.6. The SMILES string of the molecule is CC(=O)NC(C(=O)NC(Cc1ccccc1)C(=O)NCC(C)C)C(C(F)(F)F)C(F)(F)F. The Morgan fingerprint density at radius 3 is 1.84 bits per heavy atom. The lowest BCUT2D eigenvalue weighted by Gasteiger charge is -2.31. The molecule has 2 atom stereocenters. The minimum absolute atomic E-state index is 0.000931. The van der Waals surface area contributed by atoms with Crippen LogP contribution in [0.5, 0.6) is 0 Å². The van der Waals surface area contributed by atoms with Crippen LogP contribution in [0.4, 0.5) is 26.3 Å². The lowest BCUT2D eigenvalue weighted by Crippen LogP contribution is -2.61. The number of amides is 3. The predicted molar refractivity (Wildman–Crippen MR) is 103 cm³/mol. The summed E-state index contributed by atoms with van der Waals surface area (Å²) in [6, 6.07) is 3.57. The third-order valence-corrected chi connectivity index (χ3v) is 4.28. The Bertz CT molecular complexity index is 767. The zero-order valence-electron chi connectivity index (χ0n) is 17.6. The summed E-state index contributed by atoms with van der Waals surface area (Å²) in [5, 5.41) is 5.87. The van der Waals surface area contributed by atoms with Crippen LogP contribution in [0, 0.1) is 11.8 Å². The molecule has 0 spiro atoms. The second-order valence-corrected chi connectivity index (χ2v) is 7.63. The molecule has 1 rings (SSSR count). The van der Waals surface area contributed by atoms with E-state index in [2.05, 4.69) is 5.32 Å². The number of carbonyl (C=O) groups is 3. The van der Waals surface area contributed by atoms with Gasteiger partial charge in [0, 0.05) is 19.9 Å². The van der Waals surface area contributed by atoms with Crippen molar-refractivity contribution in [3.8, 4) is 0 Å². The van der Waals surface area contributed by atoms with E-state index in [4.69, 9.17) is 0 Å². The van der Waals surface area contributed by atoms with Crippen LogP contribution in [-0.4, -0.2) is 48.7 Å². The van der Waals surface area contributed by atoms with Crippen molar-refractivity contribution in [3.63, 3.8) is 0 Å². The molecule has 1 aromatic carbocycles. The molecule has 0 aliphatic carbocycles. The quantitative estimate of drug-likeness (QED) is 0.486. The van der Waals surface area contributed by atoms with Crippen LogP contribution in [0.15, 0.2) is 30.3 Å². The number of alkyl halides is 6. The van der Waals surface area contributed by atoms with Crippen LogP contribution in [-0.2, 0) is 20.8 Å². The van der Waals surface area contributed by atoms with Crippen LogP contribution in [0.2, 0.25) is 0 Å². The summed E-state index contributed by atoms with van der Waals surface area (Å²) in [6.45, 7) is 4.40. The summed E-state index contributed by atoms with van der Waals surface area (Å²) < 4.78 is 79.2. The van der Waals surface area contributed by atoms with Crippen molar-refractivity contribution < 1.29 is 40.7 Å². The fourth-order valence-electron chi connectivity index (χ4n) is 2.83. The molecule has 6 nitrogen and oxygen atoms in total. The number of halogens is 6. The van der Waals surface area contributed by atoms with E-state index in [-0.39, 0.29) is 18.9 Å². The third kappa shape index (κ3) is 8.75. The molecule has 0 aliphatic rings. The molecule has 12 heteroatoms. The van der Waals surface area contributed by atoms with Gasteiger partial charge in [0.05, 0.1) is 0 Å². The minimum atomic E-state index is -5.88. The molecule has 0 bridgehead atoms. The van der Waals surface area contributed by atoms with Crippen LogP contribution in [0.1, 0.15) is 26.3 Å². The first kappa shape index (κ1) is 27.2. The fourth-order valence-corrected chi connectivity index (χ4v) is 2.83. The average Bonchev–Trinajstić information content (AvgIpc) is 2.63. The van der Waals surface area contributed by atoms with Gasteiger partial charge in [0.1, 0.15) is 12.1 Å². The Balaban J connectivity index is 3.25. The third-order valence-electron chi connectivity index (χ3n) is 4.28. The van der Waals surface area contributed by atoms with Crippen LogP contribution >= 0.6 is 0 Å². The fraction of sp³-hybridized carbons (Fsp3) is 0.550. The van der Waals surface area contributed by atoms with Gasteiger partial charge in [-0.05, 0) is 11.5 Å². The van der Waals surface area contributed by atoms with Gasteiger partial charge < -0.3 is 16.0 Å². The van der Waals surface area contributed by atoms with E-state index >= 15 is 0 Å². The summed E-state index contributed by atoms with van der Waals surface area (Å²) >= 11 is 0. The summed E-state index contributed by atoms with van der Waals surface area (Å²) in [7, 11) is 0. The predicted octanol–water partition coefficient (Wildman–Crippen LogP) is 2.73. The Morgan fingerprint density at radius 2 is 1.41 bits per heavy atom. The number of carbonyl (C=O) groups excluding carboxylic acids is 3. The van der Waals surface area contributed by atoms with E-state index in [9.17, 15) is 40.7 Å². The van der Waals surface area contributed by atoms with Gasteiger partial charge in [0.15, 0.2) is 5.92 Å². The number of hydrogen-bond acceptors (Lipinski definition) is 3. The van der Waals surface area contributed by atoms with Gasteiger partial charge in [-0.3, -0.25) is 14.4 Å². The minimum Gasteiger partial charge on any atom is -0.354 e. The molecule has 0 aliphatic heterocycles. The smallest absolute Gasteiger partial charge is 0.354 e. The summed E-state index contributed by atoms with van der Waals surface area (Å²) in [5.41, 5.74) is 0.511. The summed E-state index contributed by atoms with van der Waals surface area (Å²) in [5.74, 6) is -7.99. The largest absolute Gasteiger partial charge is 0.403 e. The molecular formula is C20H25F6N3O3. The molecule has 32 heavy (non-hydrogen) atoms. The van der Waals surface area contributed by atoms with Crippen molar-refractivity contribution in [2.45, 2.75) is 51.6 Å². The first-order valence-electron chi connectivity index (χ1n) is 9.65. The highest BCUT2D eigenvalue weighted by Crippen LogP contribution is 2.41. The normalized spacial score (nSPS) is 14.1. The van der Waals surface area contributed by atoms with Crippen LogP contribution < -0.4 is 16.0 Å². The van der Waals surface area contributed by atoms with Crippen molar-refractivity contribution in [1.82, 2.24) is 16.0 Å². The Morgan fingerprint density at radius 1 is 0.875 bits per heavy atom. The van der Waals surface area contributed by atoms with Crippen molar-refractivity contribution in [1.29, 1.82) is 0 Å². The Kier molecular flexibility index (Phi) is 9.52. The number of nitrogens with one attached hydrogen (secondary N) is 3. The second kappa shape index (κ2) is 11.2. The topological polar surface area (TPSA) is 87.3 Å². The highest BCUT2D eigenvalue weighted by Gasteiger charge is 2.62. The van der Waals surface area contributed by atoms with Crippen LogP contribution in [0.25, 0.3) is 0 Å². The van der Waals surface area contributed by atoms with E-state index in [1.54, 1.807) is 44.2 Å². The van der Waals surface area contributed by atoms with E-state index in [1.165, 1.54) is 5.32 Å². The summed E-state index contributed by atoms with van der Waals surface area (Å²) in [4.78, 5) is 36.4. The highest BCUT2D eigenvalue weighted by molar-refractivity contribution is 5.92. The van der Waals surface area contributed by atoms with Crippen LogP contribution in [0.3, 0.4) is 0 Å². The van der Waals surface area contributed by atoms with Crippen molar-refractivity contribution >= 4 is 17.7 Å². The van der Waals surface area contributed by atoms with E-state index in [1.807, 2.05) is 5.32 Å². The number of rotatable bonds is 9. The molecule has 0 aromatic heterocycles. The molecule has 3 amide bonds. The van der Waals surface area contributed by atoms with E-state index in [0.29, 0.717) is 12.5 Å². The van der Waals surface area contributed by atoms with Gasteiger partial charge in [-0.1, -0.05) is 44.2 Å². The van der Waals surface area contributed by atoms with Gasteiger partial charge in [-0.2, -0.15) is 26.3 Å². The monoisotopic (exact) mass is 469 g/mol. The molecule has 2 unspecified atom stereocenters. The number of hydrogen-bond donors (Lipinski definition) is 3. The molecule has 0 saturated heterocycles. The maximum absolute atomic E-state index is 13.2. The van der Waals surface area contributed by atoms with Crippen molar-refractivity contribution in [3.05, 3.63) is 35.9 Å². The Labute approximate surface area is 181 Å². The second-order valence-electron chi connectivity index (χ2n) is 7.63. The van der Waals surface area contributed by atoms with Gasteiger partial charge in [-0.25, -0.2) is 0 Å². The van der Waals surface area contributed by atoms with Gasteiger partial charge in [-0.15, -0.1) is 0 Å². The Hall–Kier alpha value is -2.79.